The topological polar surface area (TPSA) is 53.2 Å². The van der Waals surface area contributed by atoms with Crippen molar-refractivity contribution in [2.24, 2.45) is 0 Å². The first-order chi connectivity index (χ1) is 12.1. The number of aromatic amines is 1. The van der Waals surface area contributed by atoms with Crippen molar-refractivity contribution in [2.75, 3.05) is 11.4 Å². The van der Waals surface area contributed by atoms with Crippen LogP contribution in [0.5, 0.6) is 0 Å². The summed E-state index contributed by atoms with van der Waals surface area (Å²) < 4.78 is 0. The number of anilines is 1. The Morgan fingerprint density at radius 1 is 1.16 bits per heavy atom. The average Bonchev–Trinajstić information content (AvgIpc) is 2.78. The third-order valence-corrected chi connectivity index (χ3v) is 5.71. The van der Waals surface area contributed by atoms with Crippen molar-refractivity contribution in [1.29, 1.82) is 0 Å². The van der Waals surface area contributed by atoms with Gasteiger partial charge in [0.25, 0.3) is 5.91 Å². The summed E-state index contributed by atoms with van der Waals surface area (Å²) in [5, 5.41) is 1.21. The molecule has 25 heavy (non-hydrogen) atoms. The second-order valence-corrected chi connectivity index (χ2v) is 7.71. The highest BCUT2D eigenvalue weighted by atomic mass is 32.2. The Balaban J connectivity index is 1.86. The van der Waals surface area contributed by atoms with Crippen molar-refractivity contribution in [3.63, 3.8) is 0 Å². The van der Waals surface area contributed by atoms with Crippen molar-refractivity contribution >= 4 is 34.3 Å². The van der Waals surface area contributed by atoms with Crippen molar-refractivity contribution in [3.8, 4) is 0 Å². The lowest BCUT2D eigenvalue weighted by Gasteiger charge is -2.23. The van der Waals surface area contributed by atoms with Crippen LogP contribution in [-0.4, -0.2) is 22.7 Å². The summed E-state index contributed by atoms with van der Waals surface area (Å²) >= 11 is 1.79. The van der Waals surface area contributed by atoms with E-state index in [0.29, 0.717) is 22.9 Å². The molecule has 0 spiro atoms. The normalized spacial score (nSPS) is 17.2. The smallest absolute Gasteiger partial charge is 0.259 e. The number of rotatable bonds is 1. The summed E-state index contributed by atoms with van der Waals surface area (Å²) in [5.41, 5.74) is 1.80. The van der Waals surface area contributed by atoms with Gasteiger partial charge in [0, 0.05) is 33.7 Å². The molecule has 1 aliphatic rings. The zero-order valence-corrected chi connectivity index (χ0v) is 14.7. The lowest BCUT2D eigenvalue weighted by atomic mass is 10.1. The third kappa shape index (κ3) is 2.96. The fourth-order valence-electron chi connectivity index (χ4n) is 3.22. The monoisotopic (exact) mass is 350 g/mol. The first kappa shape index (κ1) is 16.0. The molecular weight excluding hydrogens is 332 g/mol. The standard InChI is InChI=1S/C20H18N2O2S/c1-13-10-11-22(17-8-4-5-9-18(17)25-13)20(24)15-12-19(23)21-16-7-3-2-6-14(15)16/h2-9,12-13H,10-11H2,1H3,(H,21,23)/t13-/m0/s1. The van der Waals surface area contributed by atoms with E-state index >= 15 is 0 Å². The summed E-state index contributed by atoms with van der Waals surface area (Å²) in [6.45, 7) is 2.82. The summed E-state index contributed by atoms with van der Waals surface area (Å²) in [5.74, 6) is -0.121. The number of nitrogens with one attached hydrogen (secondary N) is 1. The zero-order chi connectivity index (χ0) is 17.4. The predicted molar refractivity (Wildman–Crippen MR) is 103 cm³/mol. The van der Waals surface area contributed by atoms with E-state index < -0.39 is 0 Å². The summed E-state index contributed by atoms with van der Waals surface area (Å²) in [6, 6.07) is 16.8. The molecule has 1 atom stereocenters. The molecule has 0 saturated carbocycles. The second kappa shape index (κ2) is 6.41. The van der Waals surface area contributed by atoms with Crippen molar-refractivity contribution in [3.05, 3.63) is 70.5 Å². The Hall–Kier alpha value is -2.53. The van der Waals surface area contributed by atoms with Crippen LogP contribution in [0.4, 0.5) is 5.69 Å². The van der Waals surface area contributed by atoms with E-state index in [1.54, 1.807) is 11.8 Å². The molecule has 0 unspecified atom stereocenters. The maximum absolute atomic E-state index is 13.4. The van der Waals surface area contributed by atoms with Crippen LogP contribution in [0.15, 0.2) is 64.3 Å². The molecule has 5 heteroatoms. The van der Waals surface area contributed by atoms with Crippen LogP contribution in [0.3, 0.4) is 0 Å². The van der Waals surface area contributed by atoms with Gasteiger partial charge in [-0.1, -0.05) is 37.3 Å². The Kier molecular flexibility index (Phi) is 4.09. The van der Waals surface area contributed by atoms with Crippen LogP contribution in [0, 0.1) is 0 Å². The number of hydrogen-bond donors (Lipinski definition) is 1. The van der Waals surface area contributed by atoms with Gasteiger partial charge in [0.05, 0.1) is 11.3 Å². The fraction of sp³-hybridized carbons (Fsp3) is 0.200. The molecule has 126 valence electrons. The number of carbonyl (C=O) groups excluding carboxylic acids is 1. The number of hydrogen-bond acceptors (Lipinski definition) is 3. The minimum atomic E-state index is -0.257. The number of para-hydroxylation sites is 2. The van der Waals surface area contributed by atoms with E-state index in [4.69, 9.17) is 0 Å². The highest BCUT2D eigenvalue weighted by Crippen LogP contribution is 2.38. The molecule has 4 nitrogen and oxygen atoms in total. The van der Waals surface area contributed by atoms with E-state index in [2.05, 4.69) is 18.0 Å². The van der Waals surface area contributed by atoms with Crippen LogP contribution < -0.4 is 10.5 Å². The van der Waals surface area contributed by atoms with Gasteiger partial charge in [0.1, 0.15) is 0 Å². The molecule has 2 heterocycles. The van der Waals surface area contributed by atoms with Crippen LogP contribution in [0.25, 0.3) is 10.9 Å². The molecule has 1 aromatic heterocycles. The number of thioether (sulfide) groups is 1. The number of nitrogens with zero attached hydrogens (tertiary/aromatic N) is 1. The largest absolute Gasteiger partial charge is 0.322 e. The number of aromatic nitrogens is 1. The van der Waals surface area contributed by atoms with Crippen LogP contribution in [0.2, 0.25) is 0 Å². The van der Waals surface area contributed by atoms with E-state index in [0.717, 1.165) is 22.4 Å². The number of pyridine rings is 1. The summed E-state index contributed by atoms with van der Waals surface area (Å²) in [4.78, 5) is 31.1. The van der Waals surface area contributed by atoms with Gasteiger partial charge in [-0.25, -0.2) is 0 Å². The Labute approximate surface area is 149 Å². The first-order valence-corrected chi connectivity index (χ1v) is 9.21. The van der Waals surface area contributed by atoms with Crippen LogP contribution >= 0.6 is 11.8 Å². The van der Waals surface area contributed by atoms with Gasteiger partial charge in [-0.2, -0.15) is 0 Å². The molecule has 0 bridgehead atoms. The first-order valence-electron chi connectivity index (χ1n) is 8.33. The van der Waals surface area contributed by atoms with E-state index in [1.165, 1.54) is 6.07 Å². The molecule has 0 radical (unpaired) electrons. The Morgan fingerprint density at radius 2 is 1.92 bits per heavy atom. The minimum Gasteiger partial charge on any atom is -0.322 e. The van der Waals surface area contributed by atoms with Gasteiger partial charge in [-0.05, 0) is 24.6 Å². The quantitative estimate of drug-likeness (QED) is 0.720. The molecule has 4 rings (SSSR count). The molecule has 1 aliphatic heterocycles. The number of benzene rings is 2. The van der Waals surface area contributed by atoms with E-state index in [-0.39, 0.29) is 11.5 Å². The third-order valence-electron chi connectivity index (χ3n) is 4.47. The maximum atomic E-state index is 13.4. The maximum Gasteiger partial charge on any atom is 0.259 e. The highest BCUT2D eigenvalue weighted by Gasteiger charge is 2.26. The van der Waals surface area contributed by atoms with Crippen molar-refractivity contribution in [2.45, 2.75) is 23.5 Å². The van der Waals surface area contributed by atoms with E-state index in [1.807, 2.05) is 47.4 Å². The fourth-order valence-corrected chi connectivity index (χ4v) is 4.34. The van der Waals surface area contributed by atoms with Gasteiger partial charge in [-0.15, -0.1) is 11.8 Å². The SMILES string of the molecule is C[C@H]1CCN(C(=O)c2cc(=O)[nH]c3ccccc23)c2ccccc2S1. The number of amides is 1. The van der Waals surface area contributed by atoms with Crippen LogP contribution in [0.1, 0.15) is 23.7 Å². The lowest BCUT2D eigenvalue weighted by Crippen LogP contribution is -2.33. The van der Waals surface area contributed by atoms with Crippen molar-refractivity contribution in [1.82, 2.24) is 4.98 Å². The Bertz CT molecular complexity index is 1010. The molecule has 0 aliphatic carbocycles. The average molecular weight is 350 g/mol. The number of fused-ring (bicyclic) bond motifs is 2. The van der Waals surface area contributed by atoms with Gasteiger partial charge in [-0.3, -0.25) is 9.59 Å². The molecule has 3 aromatic rings. The minimum absolute atomic E-state index is 0.121. The van der Waals surface area contributed by atoms with Crippen LogP contribution in [-0.2, 0) is 0 Å². The van der Waals surface area contributed by atoms with Gasteiger partial charge < -0.3 is 9.88 Å². The molecule has 0 saturated heterocycles. The lowest BCUT2D eigenvalue weighted by molar-refractivity contribution is 0.0988. The molecule has 1 amide bonds. The van der Waals surface area contributed by atoms with Crippen molar-refractivity contribution < 1.29 is 4.79 Å². The molecule has 2 aromatic carbocycles. The molecule has 1 N–H and O–H groups in total. The number of carbonyl (C=O) groups is 1. The zero-order valence-electron chi connectivity index (χ0n) is 13.9. The molecular formula is C20H18N2O2S. The Morgan fingerprint density at radius 3 is 2.80 bits per heavy atom. The second-order valence-electron chi connectivity index (χ2n) is 6.23. The van der Waals surface area contributed by atoms with Gasteiger partial charge >= 0.3 is 0 Å². The molecule has 0 fully saturated rings. The summed E-state index contributed by atoms with van der Waals surface area (Å²) in [6.07, 6.45) is 0.909. The predicted octanol–water partition coefficient (Wildman–Crippen LogP) is 4.06. The van der Waals surface area contributed by atoms with Gasteiger partial charge in [0.2, 0.25) is 5.56 Å². The van der Waals surface area contributed by atoms with Gasteiger partial charge in [0.15, 0.2) is 0 Å². The van der Waals surface area contributed by atoms with E-state index in [9.17, 15) is 9.59 Å². The summed E-state index contributed by atoms with van der Waals surface area (Å²) in [7, 11) is 0. The highest BCUT2D eigenvalue weighted by molar-refractivity contribution is 8.00. The number of H-pyrrole nitrogens is 1.